The summed E-state index contributed by atoms with van der Waals surface area (Å²) in [6.07, 6.45) is -4.75. The molecule has 1 amide bonds. The Balaban J connectivity index is 2.13. The lowest BCUT2D eigenvalue weighted by atomic mass is 9.88. The number of hydrogen-bond donors (Lipinski definition) is 2. The number of piperidine rings is 1. The number of benzene rings is 1. The van der Waals surface area contributed by atoms with Crippen molar-refractivity contribution >= 4 is 11.9 Å². The molecule has 2 rings (SSSR count). The summed E-state index contributed by atoms with van der Waals surface area (Å²) in [5.74, 6) is -3.67. The molecule has 1 aliphatic rings. The van der Waals surface area contributed by atoms with Gasteiger partial charge in [-0.05, 0) is 24.9 Å². The molecule has 0 saturated carbocycles. The van der Waals surface area contributed by atoms with Gasteiger partial charge in [0.1, 0.15) is 0 Å². The number of alkyl halides is 3. The summed E-state index contributed by atoms with van der Waals surface area (Å²) in [5, 5.41) is 11.1. The smallest absolute Gasteiger partial charge is 0.471 e. The standard InChI is InChI=1S/C15H17F3N2O3/c16-15(17,18)12(21)19-14(13(22)23)7-4-8-20(10-14)9-11-5-2-1-3-6-11/h1-3,5-6H,4,7-10H2,(H,19,21)(H,22,23). The van der Waals surface area contributed by atoms with E-state index >= 15 is 0 Å². The molecule has 8 heteroatoms. The van der Waals surface area contributed by atoms with Gasteiger partial charge in [-0.3, -0.25) is 9.69 Å². The van der Waals surface area contributed by atoms with Crippen LogP contribution in [0.2, 0.25) is 0 Å². The van der Waals surface area contributed by atoms with Crippen LogP contribution in [0, 0.1) is 0 Å². The zero-order valence-corrected chi connectivity index (χ0v) is 12.3. The fourth-order valence-corrected chi connectivity index (χ4v) is 2.74. The predicted molar refractivity (Wildman–Crippen MR) is 75.5 cm³/mol. The van der Waals surface area contributed by atoms with Crippen molar-refractivity contribution in [3.05, 3.63) is 35.9 Å². The van der Waals surface area contributed by atoms with Gasteiger partial charge in [0.25, 0.3) is 0 Å². The quantitative estimate of drug-likeness (QED) is 0.883. The second-order valence-electron chi connectivity index (χ2n) is 5.64. The van der Waals surface area contributed by atoms with E-state index in [4.69, 9.17) is 0 Å². The minimum atomic E-state index is -5.11. The number of carboxylic acids is 1. The highest BCUT2D eigenvalue weighted by Crippen LogP contribution is 2.25. The molecule has 5 nitrogen and oxygen atoms in total. The normalized spacial score (nSPS) is 22.6. The van der Waals surface area contributed by atoms with Crippen LogP contribution in [0.3, 0.4) is 0 Å². The Bertz CT molecular complexity index is 577. The first-order valence-corrected chi connectivity index (χ1v) is 7.12. The maximum atomic E-state index is 12.5. The number of likely N-dealkylation sites (tertiary alicyclic amines) is 1. The van der Waals surface area contributed by atoms with Gasteiger partial charge in [-0.1, -0.05) is 30.3 Å². The van der Waals surface area contributed by atoms with E-state index in [1.807, 2.05) is 30.3 Å². The van der Waals surface area contributed by atoms with Crippen molar-refractivity contribution in [2.75, 3.05) is 13.1 Å². The van der Waals surface area contributed by atoms with Crippen LogP contribution < -0.4 is 5.32 Å². The Kier molecular flexibility index (Phi) is 4.93. The first-order valence-electron chi connectivity index (χ1n) is 7.12. The highest BCUT2D eigenvalue weighted by molar-refractivity contribution is 5.90. The van der Waals surface area contributed by atoms with Crippen molar-refractivity contribution in [3.63, 3.8) is 0 Å². The molecule has 0 aromatic heterocycles. The first-order chi connectivity index (χ1) is 10.7. The van der Waals surface area contributed by atoms with Gasteiger partial charge in [0.2, 0.25) is 0 Å². The molecule has 0 aliphatic carbocycles. The largest absolute Gasteiger partial charge is 0.479 e. The minimum absolute atomic E-state index is 0.0323. The van der Waals surface area contributed by atoms with Gasteiger partial charge in [0.15, 0.2) is 5.54 Å². The molecule has 1 atom stereocenters. The van der Waals surface area contributed by atoms with Crippen LogP contribution in [-0.2, 0) is 16.1 Å². The van der Waals surface area contributed by atoms with Crippen LogP contribution >= 0.6 is 0 Å². The topological polar surface area (TPSA) is 69.6 Å². The fraction of sp³-hybridized carbons (Fsp3) is 0.467. The number of carboxylic acid groups (broad SMARTS) is 1. The van der Waals surface area contributed by atoms with Crippen LogP contribution in [0.25, 0.3) is 0 Å². The lowest BCUT2D eigenvalue weighted by Gasteiger charge is -2.40. The van der Waals surface area contributed by atoms with E-state index in [0.717, 1.165) is 5.56 Å². The third-order valence-corrected chi connectivity index (χ3v) is 3.84. The second kappa shape index (κ2) is 6.57. The molecule has 1 fully saturated rings. The summed E-state index contributed by atoms with van der Waals surface area (Å²) >= 11 is 0. The van der Waals surface area contributed by atoms with Gasteiger partial charge in [-0.15, -0.1) is 0 Å². The minimum Gasteiger partial charge on any atom is -0.479 e. The Labute approximate surface area is 131 Å². The summed E-state index contributed by atoms with van der Waals surface area (Å²) in [5.41, 5.74) is -0.990. The van der Waals surface area contributed by atoms with Gasteiger partial charge in [0.05, 0.1) is 0 Å². The fourth-order valence-electron chi connectivity index (χ4n) is 2.74. The van der Waals surface area contributed by atoms with Gasteiger partial charge in [-0.2, -0.15) is 13.2 Å². The molecule has 1 aliphatic heterocycles. The average molecular weight is 330 g/mol. The number of nitrogens with zero attached hydrogens (tertiary/aromatic N) is 1. The number of carbonyl (C=O) groups excluding carboxylic acids is 1. The Morgan fingerprint density at radius 1 is 1.26 bits per heavy atom. The SMILES string of the molecule is O=C(NC1(C(=O)O)CCCN(Cc2ccccc2)C1)C(F)(F)F. The van der Waals surface area contributed by atoms with Crippen molar-refractivity contribution in [3.8, 4) is 0 Å². The number of carbonyl (C=O) groups is 2. The van der Waals surface area contributed by atoms with Gasteiger partial charge in [0, 0.05) is 13.1 Å². The summed E-state index contributed by atoms with van der Waals surface area (Å²) < 4.78 is 37.4. The van der Waals surface area contributed by atoms with Crippen molar-refractivity contribution < 1.29 is 27.9 Å². The number of hydrogen-bond acceptors (Lipinski definition) is 3. The third-order valence-electron chi connectivity index (χ3n) is 3.84. The van der Waals surface area contributed by atoms with Crippen molar-refractivity contribution in [1.82, 2.24) is 10.2 Å². The highest BCUT2D eigenvalue weighted by atomic mass is 19.4. The number of halogens is 3. The Morgan fingerprint density at radius 2 is 1.91 bits per heavy atom. The molecule has 1 heterocycles. The predicted octanol–water partition coefficient (Wildman–Crippen LogP) is 1.78. The van der Waals surface area contributed by atoms with Gasteiger partial charge >= 0.3 is 18.1 Å². The van der Waals surface area contributed by atoms with E-state index in [2.05, 4.69) is 0 Å². The number of nitrogens with one attached hydrogen (secondary N) is 1. The van der Waals surface area contributed by atoms with Crippen LogP contribution in [0.4, 0.5) is 13.2 Å². The van der Waals surface area contributed by atoms with E-state index in [-0.39, 0.29) is 13.0 Å². The Morgan fingerprint density at radius 3 is 2.48 bits per heavy atom. The Hall–Kier alpha value is -2.09. The van der Waals surface area contributed by atoms with Gasteiger partial charge < -0.3 is 10.4 Å². The van der Waals surface area contributed by atoms with Crippen LogP contribution in [0.1, 0.15) is 18.4 Å². The molecule has 0 radical (unpaired) electrons. The van der Waals surface area contributed by atoms with E-state index in [0.29, 0.717) is 19.5 Å². The summed E-state index contributed by atoms with van der Waals surface area (Å²) in [7, 11) is 0. The summed E-state index contributed by atoms with van der Waals surface area (Å²) in [6, 6.07) is 9.20. The molecule has 1 aromatic carbocycles. The summed E-state index contributed by atoms with van der Waals surface area (Å²) in [6.45, 7) is 0.808. The van der Waals surface area contributed by atoms with Crippen molar-refractivity contribution in [2.24, 2.45) is 0 Å². The molecule has 1 unspecified atom stereocenters. The number of amides is 1. The lowest BCUT2D eigenvalue weighted by Crippen LogP contribution is -2.64. The number of rotatable bonds is 4. The summed E-state index contributed by atoms with van der Waals surface area (Å²) in [4.78, 5) is 24.5. The second-order valence-corrected chi connectivity index (χ2v) is 5.64. The lowest BCUT2D eigenvalue weighted by molar-refractivity contribution is -0.179. The van der Waals surface area contributed by atoms with E-state index in [1.165, 1.54) is 0 Å². The zero-order valence-electron chi connectivity index (χ0n) is 12.3. The molecular weight excluding hydrogens is 313 g/mol. The molecule has 23 heavy (non-hydrogen) atoms. The molecular formula is C15H17F3N2O3. The van der Waals surface area contributed by atoms with Crippen LogP contribution in [0.15, 0.2) is 30.3 Å². The highest BCUT2D eigenvalue weighted by Gasteiger charge is 2.49. The molecule has 1 saturated heterocycles. The maximum absolute atomic E-state index is 12.5. The number of aliphatic carboxylic acids is 1. The van der Waals surface area contributed by atoms with E-state index < -0.39 is 23.6 Å². The maximum Gasteiger partial charge on any atom is 0.471 e. The van der Waals surface area contributed by atoms with Crippen molar-refractivity contribution in [1.29, 1.82) is 0 Å². The van der Waals surface area contributed by atoms with Crippen LogP contribution in [-0.4, -0.2) is 46.7 Å². The monoisotopic (exact) mass is 330 g/mol. The first kappa shape index (κ1) is 17.3. The zero-order chi connectivity index (χ0) is 17.1. The van der Waals surface area contributed by atoms with Gasteiger partial charge in [-0.25, -0.2) is 4.79 Å². The molecule has 0 spiro atoms. The molecule has 2 N–H and O–H groups in total. The molecule has 1 aromatic rings. The molecule has 0 bridgehead atoms. The average Bonchev–Trinajstić information content (AvgIpc) is 2.47. The van der Waals surface area contributed by atoms with Crippen LogP contribution in [0.5, 0.6) is 0 Å². The van der Waals surface area contributed by atoms with E-state index in [1.54, 1.807) is 10.2 Å². The third kappa shape index (κ3) is 4.22. The van der Waals surface area contributed by atoms with E-state index in [9.17, 15) is 27.9 Å². The molecule has 126 valence electrons. The van der Waals surface area contributed by atoms with Crippen molar-refractivity contribution in [2.45, 2.75) is 31.1 Å².